The summed E-state index contributed by atoms with van der Waals surface area (Å²) in [6.45, 7) is 2.64. The van der Waals surface area contributed by atoms with Gasteiger partial charge in [0, 0.05) is 23.2 Å². The van der Waals surface area contributed by atoms with Crippen LogP contribution in [-0.4, -0.2) is 31.6 Å². The van der Waals surface area contributed by atoms with E-state index in [-0.39, 0.29) is 0 Å². The van der Waals surface area contributed by atoms with Crippen LogP contribution in [0.25, 0.3) is 0 Å². The van der Waals surface area contributed by atoms with Crippen molar-refractivity contribution < 1.29 is 4.74 Å². The SMILES string of the molecule is CN1CC(CN)CC1c1cc(Cl)ccc1OCC1CC1. The van der Waals surface area contributed by atoms with Crippen LogP contribution in [0.15, 0.2) is 18.2 Å². The molecule has 3 rings (SSSR count). The summed E-state index contributed by atoms with van der Waals surface area (Å²) >= 11 is 6.19. The monoisotopic (exact) mass is 294 g/mol. The molecule has 0 spiro atoms. The molecule has 2 atom stereocenters. The van der Waals surface area contributed by atoms with Crippen LogP contribution in [-0.2, 0) is 0 Å². The number of rotatable bonds is 5. The fourth-order valence-corrected chi connectivity index (χ4v) is 3.22. The van der Waals surface area contributed by atoms with Gasteiger partial charge in [-0.3, -0.25) is 4.90 Å². The molecule has 2 fully saturated rings. The number of hydrogen-bond acceptors (Lipinski definition) is 3. The first-order valence-electron chi connectivity index (χ1n) is 7.50. The first-order chi connectivity index (χ1) is 9.67. The molecular weight excluding hydrogens is 272 g/mol. The molecule has 20 heavy (non-hydrogen) atoms. The van der Waals surface area contributed by atoms with Gasteiger partial charge in [0.05, 0.1) is 6.61 Å². The van der Waals surface area contributed by atoms with Crippen LogP contribution >= 0.6 is 11.6 Å². The van der Waals surface area contributed by atoms with Crippen LogP contribution in [0.1, 0.15) is 30.9 Å². The van der Waals surface area contributed by atoms with E-state index in [0.29, 0.717) is 12.0 Å². The normalized spacial score (nSPS) is 26.9. The Morgan fingerprint density at radius 1 is 1.35 bits per heavy atom. The highest BCUT2D eigenvalue weighted by Gasteiger charge is 2.32. The van der Waals surface area contributed by atoms with Crippen LogP contribution < -0.4 is 10.5 Å². The quantitative estimate of drug-likeness (QED) is 0.907. The van der Waals surface area contributed by atoms with E-state index >= 15 is 0 Å². The van der Waals surface area contributed by atoms with Crippen molar-refractivity contribution in [1.82, 2.24) is 4.90 Å². The fraction of sp³-hybridized carbons (Fsp3) is 0.625. The highest BCUT2D eigenvalue weighted by molar-refractivity contribution is 6.30. The summed E-state index contributed by atoms with van der Waals surface area (Å²) in [5, 5.41) is 0.781. The molecule has 0 aromatic heterocycles. The molecule has 110 valence electrons. The zero-order valence-corrected chi connectivity index (χ0v) is 12.8. The van der Waals surface area contributed by atoms with Crippen molar-refractivity contribution in [2.24, 2.45) is 17.6 Å². The number of likely N-dealkylation sites (tertiary alicyclic amines) is 1. The Morgan fingerprint density at radius 3 is 2.80 bits per heavy atom. The Hall–Kier alpha value is -0.770. The van der Waals surface area contributed by atoms with E-state index in [0.717, 1.165) is 42.8 Å². The van der Waals surface area contributed by atoms with Crippen molar-refractivity contribution in [1.29, 1.82) is 0 Å². The number of nitrogens with two attached hydrogens (primary N) is 1. The van der Waals surface area contributed by atoms with E-state index in [9.17, 15) is 0 Å². The standard InChI is InChI=1S/C16H23ClN2O/c1-19-9-12(8-18)6-15(19)14-7-13(17)4-5-16(14)20-10-11-2-3-11/h4-5,7,11-12,15H,2-3,6,8-10,18H2,1H3. The molecule has 1 heterocycles. The van der Waals surface area contributed by atoms with Gasteiger partial charge < -0.3 is 10.5 Å². The van der Waals surface area contributed by atoms with E-state index in [4.69, 9.17) is 22.1 Å². The van der Waals surface area contributed by atoms with Gasteiger partial charge in [-0.2, -0.15) is 0 Å². The average molecular weight is 295 g/mol. The lowest BCUT2D eigenvalue weighted by Gasteiger charge is -2.22. The predicted molar refractivity (Wildman–Crippen MR) is 82.2 cm³/mol. The van der Waals surface area contributed by atoms with Crippen molar-refractivity contribution >= 4 is 11.6 Å². The second-order valence-corrected chi connectivity index (χ2v) is 6.67. The molecule has 0 radical (unpaired) electrons. The Labute approximate surface area is 126 Å². The smallest absolute Gasteiger partial charge is 0.124 e. The molecule has 1 saturated heterocycles. The molecular formula is C16H23ClN2O. The van der Waals surface area contributed by atoms with Crippen LogP contribution in [0.4, 0.5) is 0 Å². The summed E-state index contributed by atoms with van der Waals surface area (Å²) < 4.78 is 6.03. The summed E-state index contributed by atoms with van der Waals surface area (Å²) in [5.74, 6) is 2.33. The lowest BCUT2D eigenvalue weighted by Crippen LogP contribution is -2.21. The summed E-state index contributed by atoms with van der Waals surface area (Å²) in [4.78, 5) is 2.37. The maximum atomic E-state index is 6.19. The summed E-state index contributed by atoms with van der Waals surface area (Å²) in [6.07, 6.45) is 3.70. The predicted octanol–water partition coefficient (Wildman–Crippen LogP) is 3.08. The zero-order chi connectivity index (χ0) is 14.1. The first-order valence-corrected chi connectivity index (χ1v) is 7.87. The summed E-state index contributed by atoms with van der Waals surface area (Å²) in [5.41, 5.74) is 7.05. The molecule has 1 aromatic rings. The topological polar surface area (TPSA) is 38.5 Å². The van der Waals surface area contributed by atoms with E-state index in [1.807, 2.05) is 12.1 Å². The van der Waals surface area contributed by atoms with Gasteiger partial charge in [-0.1, -0.05) is 11.6 Å². The molecule has 2 unspecified atom stereocenters. The van der Waals surface area contributed by atoms with Gasteiger partial charge in [-0.25, -0.2) is 0 Å². The van der Waals surface area contributed by atoms with Crippen molar-refractivity contribution in [2.45, 2.75) is 25.3 Å². The second kappa shape index (κ2) is 5.92. The second-order valence-electron chi connectivity index (χ2n) is 6.23. The molecule has 0 bridgehead atoms. The summed E-state index contributed by atoms with van der Waals surface area (Å²) in [6, 6.07) is 6.37. The van der Waals surface area contributed by atoms with Gasteiger partial charge in [-0.15, -0.1) is 0 Å². The fourth-order valence-electron chi connectivity index (χ4n) is 3.04. The molecule has 0 amide bonds. The minimum absolute atomic E-state index is 0.372. The third-order valence-electron chi connectivity index (χ3n) is 4.47. The maximum absolute atomic E-state index is 6.19. The molecule has 1 aliphatic carbocycles. The van der Waals surface area contributed by atoms with Crippen molar-refractivity contribution in [3.8, 4) is 5.75 Å². The van der Waals surface area contributed by atoms with Crippen LogP contribution in [0.3, 0.4) is 0 Å². The third-order valence-corrected chi connectivity index (χ3v) is 4.71. The Kier molecular flexibility index (Phi) is 4.20. The van der Waals surface area contributed by atoms with Crippen molar-refractivity contribution in [3.05, 3.63) is 28.8 Å². The Balaban J connectivity index is 1.80. The van der Waals surface area contributed by atoms with Gasteiger partial charge in [0.25, 0.3) is 0 Å². The molecule has 4 heteroatoms. The molecule has 1 saturated carbocycles. The van der Waals surface area contributed by atoms with Crippen LogP contribution in [0.2, 0.25) is 5.02 Å². The van der Waals surface area contributed by atoms with E-state index < -0.39 is 0 Å². The van der Waals surface area contributed by atoms with Crippen LogP contribution in [0, 0.1) is 11.8 Å². The van der Waals surface area contributed by atoms with Crippen molar-refractivity contribution in [2.75, 3.05) is 26.7 Å². The molecule has 1 aromatic carbocycles. The highest BCUT2D eigenvalue weighted by atomic mass is 35.5. The largest absolute Gasteiger partial charge is 0.493 e. The zero-order valence-electron chi connectivity index (χ0n) is 12.0. The number of halogens is 1. The molecule has 2 N–H and O–H groups in total. The number of ether oxygens (including phenoxy) is 1. The molecule has 1 aliphatic heterocycles. The number of nitrogens with zero attached hydrogens (tertiary/aromatic N) is 1. The lowest BCUT2D eigenvalue weighted by atomic mass is 9.99. The maximum Gasteiger partial charge on any atom is 0.124 e. The average Bonchev–Trinajstić information content (AvgIpc) is 3.19. The Morgan fingerprint density at radius 2 is 2.15 bits per heavy atom. The lowest BCUT2D eigenvalue weighted by molar-refractivity contribution is 0.273. The van der Waals surface area contributed by atoms with Crippen molar-refractivity contribution in [3.63, 3.8) is 0 Å². The molecule has 2 aliphatic rings. The minimum atomic E-state index is 0.372. The minimum Gasteiger partial charge on any atom is -0.493 e. The number of benzene rings is 1. The first kappa shape index (κ1) is 14.2. The van der Waals surface area contributed by atoms with Gasteiger partial charge in [0.1, 0.15) is 5.75 Å². The van der Waals surface area contributed by atoms with E-state index in [1.54, 1.807) is 0 Å². The van der Waals surface area contributed by atoms with Gasteiger partial charge in [0.2, 0.25) is 0 Å². The molecule has 3 nitrogen and oxygen atoms in total. The summed E-state index contributed by atoms with van der Waals surface area (Å²) in [7, 11) is 2.16. The van der Waals surface area contributed by atoms with Gasteiger partial charge in [0.15, 0.2) is 0 Å². The van der Waals surface area contributed by atoms with E-state index in [2.05, 4.69) is 18.0 Å². The van der Waals surface area contributed by atoms with Gasteiger partial charge >= 0.3 is 0 Å². The van der Waals surface area contributed by atoms with Gasteiger partial charge in [-0.05, 0) is 62.9 Å². The third kappa shape index (κ3) is 3.11. The highest BCUT2D eigenvalue weighted by Crippen LogP contribution is 2.40. The van der Waals surface area contributed by atoms with Crippen LogP contribution in [0.5, 0.6) is 5.75 Å². The Bertz CT molecular complexity index is 476. The van der Waals surface area contributed by atoms with E-state index in [1.165, 1.54) is 18.4 Å². The number of hydrogen-bond donors (Lipinski definition) is 1.